The Morgan fingerprint density at radius 2 is 1.95 bits per heavy atom. The van der Waals surface area contributed by atoms with E-state index in [4.69, 9.17) is 0 Å². The molecule has 0 aliphatic carbocycles. The molecule has 2 rings (SSSR count). The lowest BCUT2D eigenvalue weighted by molar-refractivity contribution is 0.103. The first-order valence-electron chi connectivity index (χ1n) is 6.51. The molecule has 2 heteroatoms. The molecule has 0 heterocycles. The van der Waals surface area contributed by atoms with Crippen LogP contribution in [0.15, 0.2) is 46.9 Å². The number of aryl methyl sites for hydroxylation is 2. The molecule has 0 aromatic heterocycles. The van der Waals surface area contributed by atoms with Crippen LogP contribution in [-0.4, -0.2) is 5.78 Å². The molecule has 0 amide bonds. The second-order valence-corrected chi connectivity index (χ2v) is 5.65. The summed E-state index contributed by atoms with van der Waals surface area (Å²) in [5.41, 5.74) is 3.77. The Balaban J connectivity index is 2.38. The minimum atomic E-state index is 0.0942. The van der Waals surface area contributed by atoms with Gasteiger partial charge in [0.05, 0.1) is 0 Å². The molecule has 2 aromatic rings. The molecule has 0 saturated carbocycles. The quantitative estimate of drug-likeness (QED) is 0.730. The van der Waals surface area contributed by atoms with Crippen molar-refractivity contribution in [1.29, 1.82) is 0 Å². The first kappa shape index (κ1) is 14.0. The van der Waals surface area contributed by atoms with Gasteiger partial charge in [0, 0.05) is 15.6 Å². The normalized spacial score (nSPS) is 10.5. The number of carbonyl (C=O) groups is 1. The van der Waals surface area contributed by atoms with E-state index in [1.165, 1.54) is 5.56 Å². The molecule has 98 valence electrons. The van der Waals surface area contributed by atoms with Gasteiger partial charge in [0.1, 0.15) is 0 Å². The van der Waals surface area contributed by atoms with Crippen LogP contribution >= 0.6 is 15.9 Å². The molecular formula is C17H17BrO. The van der Waals surface area contributed by atoms with Crippen LogP contribution in [0, 0.1) is 6.92 Å². The van der Waals surface area contributed by atoms with Crippen LogP contribution in [0.2, 0.25) is 0 Å². The van der Waals surface area contributed by atoms with Crippen molar-refractivity contribution in [3.05, 3.63) is 69.2 Å². The van der Waals surface area contributed by atoms with Crippen LogP contribution in [0.1, 0.15) is 40.4 Å². The Kier molecular flexibility index (Phi) is 4.54. The summed E-state index contributed by atoms with van der Waals surface area (Å²) >= 11 is 3.42. The van der Waals surface area contributed by atoms with E-state index in [2.05, 4.69) is 28.9 Å². The number of hydrogen-bond acceptors (Lipinski definition) is 1. The van der Waals surface area contributed by atoms with E-state index in [9.17, 15) is 4.79 Å². The maximum atomic E-state index is 12.6. The summed E-state index contributed by atoms with van der Waals surface area (Å²) in [7, 11) is 0. The molecule has 0 aliphatic heterocycles. The molecule has 0 atom stereocenters. The van der Waals surface area contributed by atoms with Crippen molar-refractivity contribution in [2.75, 3.05) is 0 Å². The minimum absolute atomic E-state index is 0.0942. The van der Waals surface area contributed by atoms with Crippen molar-refractivity contribution in [2.45, 2.75) is 26.7 Å². The predicted molar refractivity (Wildman–Crippen MR) is 82.7 cm³/mol. The van der Waals surface area contributed by atoms with Gasteiger partial charge in [-0.3, -0.25) is 4.79 Å². The van der Waals surface area contributed by atoms with Gasteiger partial charge >= 0.3 is 0 Å². The van der Waals surface area contributed by atoms with Gasteiger partial charge in [0.25, 0.3) is 0 Å². The third-order valence-electron chi connectivity index (χ3n) is 3.17. The fraction of sp³-hybridized carbons (Fsp3) is 0.235. The van der Waals surface area contributed by atoms with Crippen molar-refractivity contribution in [3.8, 4) is 0 Å². The highest BCUT2D eigenvalue weighted by Gasteiger charge is 2.12. The Bertz CT molecular complexity index is 602. The summed E-state index contributed by atoms with van der Waals surface area (Å²) in [6.07, 6.45) is 2.10. The molecule has 1 nitrogen and oxygen atoms in total. The highest BCUT2D eigenvalue weighted by Crippen LogP contribution is 2.20. The third-order valence-corrected chi connectivity index (χ3v) is 3.67. The van der Waals surface area contributed by atoms with Gasteiger partial charge in [0.2, 0.25) is 0 Å². The third kappa shape index (κ3) is 3.32. The summed E-state index contributed by atoms with van der Waals surface area (Å²) in [6.45, 7) is 4.11. The molecule has 0 bridgehead atoms. The molecular weight excluding hydrogens is 300 g/mol. The van der Waals surface area contributed by atoms with Gasteiger partial charge < -0.3 is 0 Å². The lowest BCUT2D eigenvalue weighted by Gasteiger charge is -2.07. The van der Waals surface area contributed by atoms with Gasteiger partial charge in [-0.25, -0.2) is 0 Å². The first-order chi connectivity index (χ1) is 9.11. The van der Waals surface area contributed by atoms with E-state index in [1.807, 2.05) is 43.3 Å². The average Bonchev–Trinajstić information content (AvgIpc) is 2.41. The van der Waals surface area contributed by atoms with Crippen molar-refractivity contribution in [3.63, 3.8) is 0 Å². The van der Waals surface area contributed by atoms with Crippen LogP contribution in [-0.2, 0) is 6.42 Å². The van der Waals surface area contributed by atoms with Crippen LogP contribution in [0.4, 0.5) is 0 Å². The minimum Gasteiger partial charge on any atom is -0.289 e. The maximum absolute atomic E-state index is 12.6. The molecule has 19 heavy (non-hydrogen) atoms. The molecule has 0 spiro atoms. The van der Waals surface area contributed by atoms with Gasteiger partial charge in [-0.1, -0.05) is 53.5 Å². The number of hydrogen-bond donors (Lipinski definition) is 0. The Morgan fingerprint density at radius 3 is 2.68 bits per heavy atom. The monoisotopic (exact) mass is 316 g/mol. The van der Waals surface area contributed by atoms with E-state index >= 15 is 0 Å². The molecule has 2 aromatic carbocycles. The van der Waals surface area contributed by atoms with Gasteiger partial charge in [0.15, 0.2) is 5.78 Å². The highest BCUT2D eigenvalue weighted by molar-refractivity contribution is 9.10. The number of carbonyl (C=O) groups excluding carboxylic acids is 1. The molecule has 0 unspecified atom stereocenters. The smallest absolute Gasteiger partial charge is 0.193 e. The molecule has 0 aliphatic rings. The number of halogens is 1. The van der Waals surface area contributed by atoms with E-state index in [0.717, 1.165) is 34.0 Å². The fourth-order valence-electron chi connectivity index (χ4n) is 2.15. The molecule has 0 saturated heterocycles. The Hall–Kier alpha value is -1.41. The van der Waals surface area contributed by atoms with Crippen LogP contribution in [0.5, 0.6) is 0 Å². The van der Waals surface area contributed by atoms with Gasteiger partial charge in [-0.15, -0.1) is 0 Å². The second-order valence-electron chi connectivity index (χ2n) is 4.74. The number of ketones is 1. The average molecular weight is 317 g/mol. The number of rotatable bonds is 4. The standard InChI is InChI=1S/C17H17BrO/c1-3-5-13-6-4-7-14(10-13)17(19)16-11-15(18)9-8-12(16)2/h4,6-11H,3,5H2,1-2H3. The first-order valence-corrected chi connectivity index (χ1v) is 7.31. The SMILES string of the molecule is CCCc1cccc(C(=O)c2cc(Br)ccc2C)c1. The van der Waals surface area contributed by atoms with Crippen molar-refractivity contribution >= 4 is 21.7 Å². The largest absolute Gasteiger partial charge is 0.289 e. The van der Waals surface area contributed by atoms with Crippen molar-refractivity contribution in [1.82, 2.24) is 0 Å². The van der Waals surface area contributed by atoms with Crippen molar-refractivity contribution in [2.24, 2.45) is 0 Å². The Labute approximate surface area is 122 Å². The predicted octanol–water partition coefficient (Wildman–Crippen LogP) is 4.94. The van der Waals surface area contributed by atoms with Crippen molar-refractivity contribution < 1.29 is 4.79 Å². The van der Waals surface area contributed by atoms with E-state index in [1.54, 1.807) is 0 Å². The van der Waals surface area contributed by atoms with Gasteiger partial charge in [-0.2, -0.15) is 0 Å². The van der Waals surface area contributed by atoms with E-state index in [0.29, 0.717) is 0 Å². The topological polar surface area (TPSA) is 17.1 Å². The van der Waals surface area contributed by atoms with Crippen LogP contribution in [0.25, 0.3) is 0 Å². The highest BCUT2D eigenvalue weighted by atomic mass is 79.9. The van der Waals surface area contributed by atoms with Gasteiger partial charge in [-0.05, 0) is 42.7 Å². The summed E-state index contributed by atoms with van der Waals surface area (Å²) in [6, 6.07) is 13.8. The lowest BCUT2D eigenvalue weighted by atomic mass is 9.97. The maximum Gasteiger partial charge on any atom is 0.193 e. The molecule has 0 radical (unpaired) electrons. The van der Waals surface area contributed by atoms with Crippen LogP contribution < -0.4 is 0 Å². The molecule has 0 N–H and O–H groups in total. The molecule has 0 fully saturated rings. The summed E-state index contributed by atoms with van der Waals surface area (Å²) < 4.78 is 0.936. The summed E-state index contributed by atoms with van der Waals surface area (Å²) in [4.78, 5) is 12.6. The summed E-state index contributed by atoms with van der Waals surface area (Å²) in [5, 5.41) is 0. The summed E-state index contributed by atoms with van der Waals surface area (Å²) in [5.74, 6) is 0.0942. The van der Waals surface area contributed by atoms with E-state index < -0.39 is 0 Å². The zero-order chi connectivity index (χ0) is 13.8. The zero-order valence-corrected chi connectivity index (χ0v) is 12.8. The fourth-order valence-corrected chi connectivity index (χ4v) is 2.51. The van der Waals surface area contributed by atoms with Crippen LogP contribution in [0.3, 0.4) is 0 Å². The number of benzene rings is 2. The Morgan fingerprint density at radius 1 is 1.16 bits per heavy atom. The lowest BCUT2D eigenvalue weighted by Crippen LogP contribution is -2.04. The second kappa shape index (κ2) is 6.16. The zero-order valence-electron chi connectivity index (χ0n) is 11.2. The van der Waals surface area contributed by atoms with E-state index in [-0.39, 0.29) is 5.78 Å².